The van der Waals surface area contributed by atoms with E-state index in [-0.39, 0.29) is 19.2 Å². The summed E-state index contributed by atoms with van der Waals surface area (Å²) in [6.45, 7) is 11.5. The monoisotopic (exact) mass is 537 g/mol. The van der Waals surface area contributed by atoms with Gasteiger partial charge in [-0.25, -0.2) is 4.79 Å². The SMILES string of the molecule is C=C(/C=C\C=C(/C)C(=N)N1C(=N)CCC1C)NC(=O)c1cc2c(cc1OC)CCN(C(=O)OCC(C)(C)O)C2. The lowest BCUT2D eigenvalue weighted by atomic mass is 9.96. The van der Waals surface area contributed by atoms with Crippen molar-refractivity contribution in [3.63, 3.8) is 0 Å². The van der Waals surface area contributed by atoms with Gasteiger partial charge in [0.15, 0.2) is 0 Å². The molecule has 1 aromatic carbocycles. The maximum Gasteiger partial charge on any atom is 0.410 e. The molecule has 3 rings (SSSR count). The van der Waals surface area contributed by atoms with E-state index < -0.39 is 17.6 Å². The van der Waals surface area contributed by atoms with Crippen molar-refractivity contribution in [1.82, 2.24) is 15.1 Å². The van der Waals surface area contributed by atoms with Crippen molar-refractivity contribution < 1.29 is 24.2 Å². The summed E-state index contributed by atoms with van der Waals surface area (Å²) < 4.78 is 10.7. The highest BCUT2D eigenvalue weighted by Gasteiger charge is 2.28. The predicted octanol–water partition coefficient (Wildman–Crippen LogP) is 4.15. The van der Waals surface area contributed by atoms with Crippen LogP contribution in [0.4, 0.5) is 4.79 Å². The van der Waals surface area contributed by atoms with Crippen molar-refractivity contribution in [3.05, 3.63) is 64.9 Å². The Labute approximate surface area is 230 Å². The van der Waals surface area contributed by atoms with Gasteiger partial charge in [0.05, 0.1) is 18.3 Å². The van der Waals surface area contributed by atoms with Gasteiger partial charge in [-0.2, -0.15) is 0 Å². The fourth-order valence-electron chi connectivity index (χ4n) is 4.47. The van der Waals surface area contributed by atoms with Gasteiger partial charge < -0.3 is 29.7 Å². The highest BCUT2D eigenvalue weighted by molar-refractivity contribution is 6.07. The summed E-state index contributed by atoms with van der Waals surface area (Å²) in [5.41, 5.74) is 2.04. The number of amides is 2. The standard InChI is InChI=1S/C29H39N5O5/c1-18(26(31)34-20(3)10-11-25(34)30)8-7-9-19(2)32-27(35)23-14-22-16-33(28(36)39-17-29(4,5)37)13-12-21(22)15-24(23)38-6/h7-9,14-15,20,30-31,37H,2,10-13,16-17H2,1,3-6H3,(H,32,35)/b9-7-,18-8+,30-25?,31-26?. The Balaban J connectivity index is 1.66. The van der Waals surface area contributed by atoms with E-state index in [2.05, 4.69) is 11.9 Å². The zero-order valence-corrected chi connectivity index (χ0v) is 23.4. The summed E-state index contributed by atoms with van der Waals surface area (Å²) >= 11 is 0. The Bertz CT molecular complexity index is 1230. The molecule has 2 aliphatic rings. The molecule has 2 heterocycles. The van der Waals surface area contributed by atoms with Gasteiger partial charge in [-0.3, -0.25) is 15.6 Å². The van der Waals surface area contributed by atoms with Crippen molar-refractivity contribution in [2.45, 2.75) is 65.1 Å². The third-order valence-electron chi connectivity index (χ3n) is 6.65. The number of allylic oxidation sites excluding steroid dienone is 3. The second kappa shape index (κ2) is 12.3. The second-order valence-corrected chi connectivity index (χ2v) is 10.6. The number of benzene rings is 1. The number of hydrogen-bond donors (Lipinski definition) is 4. The lowest BCUT2D eigenvalue weighted by Gasteiger charge is -2.30. The minimum atomic E-state index is -1.12. The number of carbonyl (C=O) groups is 2. The van der Waals surface area contributed by atoms with Gasteiger partial charge in [0.25, 0.3) is 5.91 Å². The molecule has 0 bridgehead atoms. The number of ether oxygens (including phenoxy) is 2. The Morgan fingerprint density at radius 3 is 2.62 bits per heavy atom. The molecule has 1 unspecified atom stereocenters. The van der Waals surface area contributed by atoms with E-state index in [1.54, 1.807) is 47.9 Å². The number of nitrogens with zero attached hydrogens (tertiary/aromatic N) is 2. The number of nitrogens with one attached hydrogen (secondary N) is 3. The van der Waals surface area contributed by atoms with Crippen LogP contribution >= 0.6 is 0 Å². The number of rotatable bonds is 8. The lowest BCUT2D eigenvalue weighted by Crippen LogP contribution is -2.39. The molecule has 1 atom stereocenters. The average molecular weight is 538 g/mol. The first-order chi connectivity index (χ1) is 18.3. The number of carbonyl (C=O) groups excluding carboxylic acids is 2. The third-order valence-corrected chi connectivity index (χ3v) is 6.65. The van der Waals surface area contributed by atoms with E-state index >= 15 is 0 Å². The fraction of sp³-hybridized carbons (Fsp3) is 0.448. The Kier molecular flexibility index (Phi) is 9.34. The molecule has 210 valence electrons. The fourth-order valence-corrected chi connectivity index (χ4v) is 4.47. The number of hydrogen-bond acceptors (Lipinski definition) is 7. The molecule has 0 spiro atoms. The van der Waals surface area contributed by atoms with Crippen LogP contribution in [0.25, 0.3) is 0 Å². The maximum absolute atomic E-state index is 13.1. The topological polar surface area (TPSA) is 139 Å². The van der Waals surface area contributed by atoms with Gasteiger partial charge in [0.2, 0.25) is 0 Å². The Morgan fingerprint density at radius 2 is 2.00 bits per heavy atom. The number of aliphatic hydroxyl groups is 1. The summed E-state index contributed by atoms with van der Waals surface area (Å²) in [6.07, 6.45) is 6.70. The van der Waals surface area contributed by atoms with E-state index in [0.717, 1.165) is 17.5 Å². The van der Waals surface area contributed by atoms with Crippen LogP contribution in [0.2, 0.25) is 0 Å². The van der Waals surface area contributed by atoms with Crippen LogP contribution in [0.3, 0.4) is 0 Å². The molecule has 0 radical (unpaired) electrons. The molecule has 2 amide bonds. The van der Waals surface area contributed by atoms with Gasteiger partial charge in [-0.05, 0) is 75.4 Å². The van der Waals surface area contributed by atoms with Crippen LogP contribution < -0.4 is 10.1 Å². The molecular weight excluding hydrogens is 498 g/mol. The molecular formula is C29H39N5O5. The Morgan fingerprint density at radius 1 is 1.28 bits per heavy atom. The molecule has 1 saturated heterocycles. The highest BCUT2D eigenvalue weighted by Crippen LogP contribution is 2.29. The number of fused-ring (bicyclic) bond motifs is 1. The van der Waals surface area contributed by atoms with Crippen LogP contribution in [0.1, 0.15) is 62.0 Å². The van der Waals surface area contributed by atoms with Gasteiger partial charge in [-0.1, -0.05) is 18.7 Å². The normalized spacial score (nSPS) is 17.7. The average Bonchev–Trinajstić information content (AvgIpc) is 3.22. The minimum absolute atomic E-state index is 0.113. The first kappa shape index (κ1) is 29.6. The van der Waals surface area contributed by atoms with Crippen LogP contribution in [0.5, 0.6) is 5.75 Å². The van der Waals surface area contributed by atoms with Crippen molar-refractivity contribution in [3.8, 4) is 5.75 Å². The molecule has 4 N–H and O–H groups in total. The summed E-state index contributed by atoms with van der Waals surface area (Å²) in [5, 5.41) is 29.1. The van der Waals surface area contributed by atoms with Crippen molar-refractivity contribution in [2.24, 2.45) is 0 Å². The first-order valence-electron chi connectivity index (χ1n) is 13.0. The smallest absolute Gasteiger partial charge is 0.410 e. The van der Waals surface area contributed by atoms with Crippen LogP contribution in [-0.4, -0.2) is 70.5 Å². The molecule has 1 fully saturated rings. The molecule has 0 aliphatic carbocycles. The predicted molar refractivity (Wildman–Crippen MR) is 150 cm³/mol. The van der Waals surface area contributed by atoms with E-state index in [4.69, 9.17) is 20.3 Å². The molecule has 0 aromatic heterocycles. The number of amidine groups is 2. The second-order valence-electron chi connectivity index (χ2n) is 10.6. The van der Waals surface area contributed by atoms with Crippen LogP contribution in [-0.2, 0) is 17.7 Å². The first-order valence-corrected chi connectivity index (χ1v) is 13.0. The van der Waals surface area contributed by atoms with E-state index in [1.165, 1.54) is 7.11 Å². The van der Waals surface area contributed by atoms with E-state index in [1.807, 2.05) is 19.9 Å². The molecule has 1 aromatic rings. The van der Waals surface area contributed by atoms with Gasteiger partial charge >= 0.3 is 6.09 Å². The van der Waals surface area contributed by atoms with E-state index in [9.17, 15) is 14.7 Å². The minimum Gasteiger partial charge on any atom is -0.496 e. The molecule has 2 aliphatic heterocycles. The van der Waals surface area contributed by atoms with Crippen LogP contribution in [0.15, 0.2) is 48.2 Å². The lowest BCUT2D eigenvalue weighted by molar-refractivity contribution is -0.00487. The van der Waals surface area contributed by atoms with Gasteiger partial charge in [-0.15, -0.1) is 0 Å². The number of methoxy groups -OCH3 is 1. The van der Waals surface area contributed by atoms with Gasteiger partial charge in [0, 0.05) is 31.2 Å². The van der Waals surface area contributed by atoms with Crippen LogP contribution in [0, 0.1) is 10.8 Å². The zero-order valence-electron chi connectivity index (χ0n) is 23.4. The van der Waals surface area contributed by atoms with Gasteiger partial charge in [0.1, 0.15) is 24.0 Å². The molecule has 0 saturated carbocycles. The molecule has 39 heavy (non-hydrogen) atoms. The molecule has 10 nitrogen and oxygen atoms in total. The highest BCUT2D eigenvalue weighted by atomic mass is 16.6. The van der Waals surface area contributed by atoms with Crippen molar-refractivity contribution in [1.29, 1.82) is 10.8 Å². The summed E-state index contributed by atoms with van der Waals surface area (Å²) in [4.78, 5) is 28.9. The largest absolute Gasteiger partial charge is 0.496 e. The third kappa shape index (κ3) is 7.57. The summed E-state index contributed by atoms with van der Waals surface area (Å²) in [6, 6.07) is 3.66. The quantitative estimate of drug-likeness (QED) is 0.223. The van der Waals surface area contributed by atoms with E-state index in [0.29, 0.717) is 53.6 Å². The van der Waals surface area contributed by atoms with Crippen molar-refractivity contribution >= 4 is 23.7 Å². The number of likely N-dealkylation sites (tertiary alicyclic amines) is 1. The molecule has 10 heteroatoms. The Hall–Kier alpha value is -3.92. The zero-order chi connectivity index (χ0) is 28.9. The summed E-state index contributed by atoms with van der Waals surface area (Å²) in [5.74, 6) is 0.765. The summed E-state index contributed by atoms with van der Waals surface area (Å²) in [7, 11) is 1.50. The maximum atomic E-state index is 13.1. The van der Waals surface area contributed by atoms with Crippen molar-refractivity contribution in [2.75, 3.05) is 20.3 Å².